The first-order chi connectivity index (χ1) is 0. The van der Waals surface area contributed by atoms with E-state index in [2.05, 4.69) is 0 Å². The van der Waals surface area contributed by atoms with Crippen LogP contribution in [0.2, 0.25) is 0 Å². The van der Waals surface area contributed by atoms with E-state index in [-0.39, 0.29) is 120 Å². The summed E-state index contributed by atoms with van der Waals surface area (Å²) in [5.74, 6) is 0. The molecule has 0 saturated carbocycles. The van der Waals surface area contributed by atoms with Gasteiger partial charge in [0, 0.05) is 0 Å². The topological polar surface area (TPSA) is 0 Å². The first-order valence-corrected chi connectivity index (χ1v) is 0. The summed E-state index contributed by atoms with van der Waals surface area (Å²) in [7, 11) is 0. The van der Waals surface area contributed by atoms with E-state index in [9.17, 15) is 0 Å². The van der Waals surface area contributed by atoms with Crippen LogP contribution >= 0.6 is 95.9 Å². The number of rotatable bonds is 0. The van der Waals surface area contributed by atoms with E-state index in [1.165, 1.54) is 0 Å². The summed E-state index contributed by atoms with van der Waals surface area (Å²) >= 11 is 0. The molecule has 0 aliphatic rings. The average molecular weight is 632 g/mol. The van der Waals surface area contributed by atoms with Crippen LogP contribution in [-0.4, -0.2) is 23.9 Å². The van der Waals surface area contributed by atoms with E-state index >= 15 is 0 Å². The molecule has 0 N–H and O–H groups in total. The van der Waals surface area contributed by atoms with Crippen LogP contribution in [-0.2, 0) is 0 Å². The summed E-state index contributed by atoms with van der Waals surface area (Å²) in [5, 5.41) is 0. The summed E-state index contributed by atoms with van der Waals surface area (Å²) in [6.07, 6.45) is 0. The van der Waals surface area contributed by atoms with E-state index in [4.69, 9.17) is 0 Å². The molecule has 0 unspecified atom stereocenters. The minimum absolute atomic E-state index is 0. The van der Waals surface area contributed by atoms with Crippen molar-refractivity contribution in [1.82, 2.24) is 0 Å². The third-order valence-electron chi connectivity index (χ3n) is 0. The molecule has 0 nitrogen and oxygen atoms in total. The maximum absolute atomic E-state index is 0. The summed E-state index contributed by atoms with van der Waals surface area (Å²) in [6, 6.07) is 0. The number of hydrogen-bond donors (Lipinski definition) is 0. The SMILES string of the molecule is I.I.I.I.[SnH2]. The van der Waals surface area contributed by atoms with Crippen molar-refractivity contribution in [2.75, 3.05) is 0 Å². The molecule has 0 saturated heterocycles. The van der Waals surface area contributed by atoms with Crippen molar-refractivity contribution in [3.05, 3.63) is 0 Å². The predicted octanol–water partition coefficient (Wildman–Crippen LogP) is 1.56. The quantitative estimate of drug-likeness (QED) is 0.281. The van der Waals surface area contributed by atoms with Gasteiger partial charge in [-0.2, -0.15) is 0 Å². The maximum atomic E-state index is 0. The second-order valence-corrected chi connectivity index (χ2v) is 0. The predicted molar refractivity (Wildman–Crippen MR) is 70.2 cm³/mol. The van der Waals surface area contributed by atoms with Gasteiger partial charge in [0.15, 0.2) is 0 Å². The monoisotopic (exact) mass is 634 g/mol. The van der Waals surface area contributed by atoms with Gasteiger partial charge in [-0.05, 0) is 0 Å². The molecule has 38 valence electrons. The van der Waals surface area contributed by atoms with E-state index in [0.717, 1.165) is 0 Å². The van der Waals surface area contributed by atoms with E-state index in [1.54, 1.807) is 0 Å². The molecule has 0 aliphatic heterocycles. The molecule has 0 fully saturated rings. The molecule has 0 amide bonds. The minimum atomic E-state index is 0. The molecule has 0 bridgehead atoms. The molecule has 2 radical (unpaired) electrons. The Bertz CT molecular complexity index is 3.61. The van der Waals surface area contributed by atoms with Crippen LogP contribution in [0.25, 0.3) is 0 Å². The van der Waals surface area contributed by atoms with Crippen LogP contribution in [0.1, 0.15) is 0 Å². The fourth-order valence-electron chi connectivity index (χ4n) is 0. The van der Waals surface area contributed by atoms with Crippen molar-refractivity contribution in [2.45, 2.75) is 0 Å². The van der Waals surface area contributed by atoms with Crippen molar-refractivity contribution in [1.29, 1.82) is 0 Å². The molecule has 5 heteroatoms. The Morgan fingerprint density at radius 3 is 0.400 bits per heavy atom. The Morgan fingerprint density at radius 2 is 0.400 bits per heavy atom. The Hall–Kier alpha value is 3.72. The van der Waals surface area contributed by atoms with Gasteiger partial charge in [-0.25, -0.2) is 0 Å². The zero-order chi connectivity index (χ0) is 0. The van der Waals surface area contributed by atoms with Gasteiger partial charge >= 0.3 is 23.9 Å². The molecular weight excluding hydrogens is 626 g/mol. The summed E-state index contributed by atoms with van der Waals surface area (Å²) in [4.78, 5) is 0. The van der Waals surface area contributed by atoms with Gasteiger partial charge in [-0.15, -0.1) is 95.9 Å². The van der Waals surface area contributed by atoms with Crippen LogP contribution in [0.15, 0.2) is 0 Å². The molecule has 0 atom stereocenters. The van der Waals surface area contributed by atoms with Crippen LogP contribution in [0.3, 0.4) is 0 Å². The fraction of sp³-hybridized carbons (Fsp3) is 0. The molecule has 0 spiro atoms. The van der Waals surface area contributed by atoms with Crippen molar-refractivity contribution < 1.29 is 0 Å². The van der Waals surface area contributed by atoms with Gasteiger partial charge in [0.25, 0.3) is 0 Å². The first-order valence-electron chi connectivity index (χ1n) is 0. The Kier molecular flexibility index (Phi) is 189. The normalized spacial score (nSPS) is 0. The molecule has 0 aromatic carbocycles. The van der Waals surface area contributed by atoms with Gasteiger partial charge in [0.1, 0.15) is 0 Å². The van der Waals surface area contributed by atoms with E-state index < -0.39 is 0 Å². The van der Waals surface area contributed by atoms with Gasteiger partial charge in [0.05, 0.1) is 0 Å². The second-order valence-electron chi connectivity index (χ2n) is 0. The van der Waals surface area contributed by atoms with Crippen molar-refractivity contribution in [3.63, 3.8) is 0 Å². The summed E-state index contributed by atoms with van der Waals surface area (Å²) in [5.41, 5.74) is 0. The Labute approximate surface area is 117 Å². The molecule has 0 aromatic rings. The zero-order valence-electron chi connectivity index (χ0n) is 2.34. The van der Waals surface area contributed by atoms with Crippen molar-refractivity contribution in [3.8, 4) is 0 Å². The van der Waals surface area contributed by atoms with Crippen LogP contribution in [0, 0.1) is 0 Å². The first kappa shape index (κ1) is 37.6. The van der Waals surface area contributed by atoms with E-state index in [1.807, 2.05) is 0 Å². The third-order valence-corrected chi connectivity index (χ3v) is 0. The average Bonchev–Trinajstić information content (AvgIpc) is 0. The second kappa shape index (κ2) is 25.2. The molecule has 0 aliphatic carbocycles. The molecule has 0 heterocycles. The van der Waals surface area contributed by atoms with Crippen molar-refractivity contribution in [2.24, 2.45) is 0 Å². The summed E-state index contributed by atoms with van der Waals surface area (Å²) in [6.45, 7) is 0. The van der Waals surface area contributed by atoms with Gasteiger partial charge in [-0.3, -0.25) is 0 Å². The number of halogens is 4. The van der Waals surface area contributed by atoms with Crippen LogP contribution in [0.4, 0.5) is 0 Å². The van der Waals surface area contributed by atoms with Crippen molar-refractivity contribution >= 4 is 120 Å². The van der Waals surface area contributed by atoms with Crippen LogP contribution in [0.5, 0.6) is 0 Å². The summed E-state index contributed by atoms with van der Waals surface area (Å²) < 4.78 is 0. The van der Waals surface area contributed by atoms with Gasteiger partial charge in [-0.1, -0.05) is 0 Å². The zero-order valence-corrected chi connectivity index (χ0v) is 15.7. The third kappa shape index (κ3) is 18.3. The Morgan fingerprint density at radius 1 is 0.400 bits per heavy atom. The molecule has 0 rings (SSSR count). The standard InChI is InChI=1S/4HI.Sn.2H/h4*1H;;;. The van der Waals surface area contributed by atoms with Gasteiger partial charge < -0.3 is 0 Å². The molecular formula is H6I4Sn. The van der Waals surface area contributed by atoms with Gasteiger partial charge in [0.2, 0.25) is 0 Å². The van der Waals surface area contributed by atoms with E-state index in [0.29, 0.717) is 0 Å². The number of hydrogen-bond acceptors (Lipinski definition) is 0. The van der Waals surface area contributed by atoms with Crippen LogP contribution < -0.4 is 0 Å². The Balaban J connectivity index is 0. The fourth-order valence-corrected chi connectivity index (χ4v) is 0. The molecule has 0 aromatic heterocycles. The molecule has 5 heavy (non-hydrogen) atoms.